The highest BCUT2D eigenvalue weighted by atomic mass is 35.5. The molecule has 0 atom stereocenters. The number of aromatic nitrogens is 2. The number of halogens is 1. The molecule has 1 aliphatic carbocycles. The van der Waals surface area contributed by atoms with Crippen molar-refractivity contribution in [3.8, 4) is 0 Å². The number of fused-ring (bicyclic) bond motifs is 1. The summed E-state index contributed by atoms with van der Waals surface area (Å²) in [6, 6.07) is 5.49. The Bertz CT molecular complexity index is 638. The van der Waals surface area contributed by atoms with Crippen molar-refractivity contribution < 1.29 is 9.53 Å². The Hall–Kier alpha value is -1.20. The maximum absolute atomic E-state index is 11.8. The van der Waals surface area contributed by atoms with Crippen molar-refractivity contribution in [1.29, 1.82) is 0 Å². The zero-order valence-electron chi connectivity index (χ0n) is 11.6. The van der Waals surface area contributed by atoms with Gasteiger partial charge in [-0.3, -0.25) is 4.79 Å². The number of benzene rings is 1. The van der Waals surface area contributed by atoms with E-state index >= 15 is 0 Å². The molecule has 1 aromatic carbocycles. The second kappa shape index (κ2) is 6.71. The van der Waals surface area contributed by atoms with Gasteiger partial charge in [0.2, 0.25) is 0 Å². The van der Waals surface area contributed by atoms with Gasteiger partial charge >= 0.3 is 5.97 Å². The zero-order chi connectivity index (χ0) is 14.7. The quantitative estimate of drug-likeness (QED) is 0.677. The van der Waals surface area contributed by atoms with Gasteiger partial charge in [-0.2, -0.15) is 0 Å². The van der Waals surface area contributed by atoms with E-state index in [0.717, 1.165) is 36.7 Å². The van der Waals surface area contributed by atoms with Gasteiger partial charge in [-0.25, -0.2) is 4.98 Å². The number of nitrogens with one attached hydrogen (secondary N) is 1. The number of aromatic amines is 1. The molecule has 1 heterocycles. The van der Waals surface area contributed by atoms with Crippen LogP contribution in [0.2, 0.25) is 5.02 Å². The van der Waals surface area contributed by atoms with E-state index in [4.69, 9.17) is 16.3 Å². The molecule has 1 N–H and O–H groups in total. The van der Waals surface area contributed by atoms with E-state index in [-0.39, 0.29) is 17.8 Å². The SMILES string of the molecule is O=C(CSc1nc2ccc(Cl)cc2[nH]1)OC1CCCCC1. The number of hydrogen-bond acceptors (Lipinski definition) is 4. The second-order valence-electron chi connectivity index (χ2n) is 5.24. The van der Waals surface area contributed by atoms with Crippen molar-refractivity contribution in [3.05, 3.63) is 23.2 Å². The average molecular weight is 325 g/mol. The van der Waals surface area contributed by atoms with Gasteiger partial charge in [0.15, 0.2) is 5.16 Å². The predicted molar refractivity (Wildman–Crippen MR) is 84.8 cm³/mol. The van der Waals surface area contributed by atoms with Crippen LogP contribution in [0.25, 0.3) is 11.0 Å². The highest BCUT2D eigenvalue weighted by Gasteiger charge is 2.18. The number of hydrogen-bond donors (Lipinski definition) is 1. The number of nitrogens with zero attached hydrogens (tertiary/aromatic N) is 1. The standard InChI is InChI=1S/C15H17ClN2O2S/c16-10-6-7-12-13(8-10)18-15(17-12)21-9-14(19)20-11-4-2-1-3-5-11/h6-8,11H,1-5,9H2,(H,17,18). The van der Waals surface area contributed by atoms with Crippen LogP contribution < -0.4 is 0 Å². The Morgan fingerprint density at radius 3 is 3.00 bits per heavy atom. The molecule has 21 heavy (non-hydrogen) atoms. The number of rotatable bonds is 4. The van der Waals surface area contributed by atoms with E-state index in [1.54, 1.807) is 6.07 Å². The minimum absolute atomic E-state index is 0.112. The largest absolute Gasteiger partial charge is 0.462 e. The van der Waals surface area contributed by atoms with Crippen molar-refractivity contribution in [2.24, 2.45) is 0 Å². The minimum Gasteiger partial charge on any atom is -0.462 e. The molecule has 1 aliphatic rings. The first-order valence-corrected chi connectivity index (χ1v) is 8.54. The Morgan fingerprint density at radius 2 is 2.19 bits per heavy atom. The molecular weight excluding hydrogens is 308 g/mol. The molecule has 0 bridgehead atoms. The summed E-state index contributed by atoms with van der Waals surface area (Å²) in [5.41, 5.74) is 1.73. The molecule has 0 amide bonds. The van der Waals surface area contributed by atoms with Crippen molar-refractivity contribution in [2.45, 2.75) is 43.4 Å². The van der Waals surface area contributed by atoms with Crippen molar-refractivity contribution in [3.63, 3.8) is 0 Å². The molecule has 4 nitrogen and oxygen atoms in total. The van der Waals surface area contributed by atoms with Gasteiger partial charge in [-0.15, -0.1) is 0 Å². The Kier molecular flexibility index (Phi) is 4.70. The number of ether oxygens (including phenoxy) is 1. The first kappa shape index (κ1) is 14.7. The molecule has 0 radical (unpaired) electrons. The Morgan fingerprint density at radius 1 is 1.38 bits per heavy atom. The first-order chi connectivity index (χ1) is 10.2. The van der Waals surface area contributed by atoms with E-state index in [2.05, 4.69) is 9.97 Å². The van der Waals surface area contributed by atoms with Gasteiger partial charge < -0.3 is 9.72 Å². The monoisotopic (exact) mass is 324 g/mol. The topological polar surface area (TPSA) is 55.0 Å². The normalized spacial score (nSPS) is 16.2. The van der Waals surface area contributed by atoms with Gasteiger partial charge in [0.25, 0.3) is 0 Å². The predicted octanol–water partition coefficient (Wildman–Crippen LogP) is 4.18. The fraction of sp³-hybridized carbons (Fsp3) is 0.467. The van der Waals surface area contributed by atoms with Crippen molar-refractivity contribution in [1.82, 2.24) is 9.97 Å². The maximum atomic E-state index is 11.8. The molecule has 6 heteroatoms. The van der Waals surface area contributed by atoms with Gasteiger partial charge in [0.05, 0.1) is 16.8 Å². The molecule has 1 aromatic heterocycles. The molecule has 0 spiro atoms. The first-order valence-electron chi connectivity index (χ1n) is 7.18. The van der Waals surface area contributed by atoms with Crippen LogP contribution in [-0.4, -0.2) is 27.8 Å². The van der Waals surface area contributed by atoms with Crippen LogP contribution in [0, 0.1) is 0 Å². The molecule has 1 fully saturated rings. The summed E-state index contributed by atoms with van der Waals surface area (Å²) in [5, 5.41) is 1.38. The fourth-order valence-electron chi connectivity index (χ4n) is 2.56. The van der Waals surface area contributed by atoms with Crippen LogP contribution >= 0.6 is 23.4 Å². The van der Waals surface area contributed by atoms with Crippen LogP contribution in [0.15, 0.2) is 23.4 Å². The summed E-state index contributed by atoms with van der Waals surface area (Å²) < 4.78 is 5.48. The molecule has 2 aromatic rings. The van der Waals surface area contributed by atoms with E-state index in [0.29, 0.717) is 10.2 Å². The zero-order valence-corrected chi connectivity index (χ0v) is 13.2. The molecule has 3 rings (SSSR count). The van der Waals surface area contributed by atoms with Crippen molar-refractivity contribution in [2.75, 3.05) is 5.75 Å². The number of imidazole rings is 1. The molecule has 0 saturated heterocycles. The second-order valence-corrected chi connectivity index (χ2v) is 6.64. The summed E-state index contributed by atoms with van der Waals surface area (Å²) >= 11 is 7.30. The van der Waals surface area contributed by atoms with Crippen LogP contribution in [0.4, 0.5) is 0 Å². The van der Waals surface area contributed by atoms with E-state index in [1.165, 1.54) is 18.2 Å². The number of esters is 1. The average Bonchev–Trinajstić information content (AvgIpc) is 2.88. The summed E-state index contributed by atoms with van der Waals surface area (Å²) in [5.74, 6) is 0.120. The van der Waals surface area contributed by atoms with Gasteiger partial charge in [0, 0.05) is 5.02 Å². The molecule has 1 saturated carbocycles. The highest BCUT2D eigenvalue weighted by molar-refractivity contribution is 7.99. The number of carbonyl (C=O) groups is 1. The van der Waals surface area contributed by atoms with E-state index in [9.17, 15) is 4.79 Å². The minimum atomic E-state index is -0.162. The third kappa shape index (κ3) is 3.92. The molecule has 0 unspecified atom stereocenters. The van der Waals surface area contributed by atoms with E-state index < -0.39 is 0 Å². The molecule has 112 valence electrons. The Labute approximate surface area is 132 Å². The third-order valence-corrected chi connectivity index (χ3v) is 4.68. The third-order valence-electron chi connectivity index (χ3n) is 3.60. The van der Waals surface area contributed by atoms with Gasteiger partial charge in [0.1, 0.15) is 6.10 Å². The maximum Gasteiger partial charge on any atom is 0.316 e. The van der Waals surface area contributed by atoms with Crippen molar-refractivity contribution >= 4 is 40.4 Å². The van der Waals surface area contributed by atoms with Crippen LogP contribution in [0.1, 0.15) is 32.1 Å². The Balaban J connectivity index is 1.54. The van der Waals surface area contributed by atoms with Crippen LogP contribution in [-0.2, 0) is 9.53 Å². The summed E-state index contributed by atoms with van der Waals surface area (Å²) in [6.45, 7) is 0. The smallest absolute Gasteiger partial charge is 0.316 e. The lowest BCUT2D eigenvalue weighted by Gasteiger charge is -2.21. The highest BCUT2D eigenvalue weighted by Crippen LogP contribution is 2.24. The lowest BCUT2D eigenvalue weighted by Crippen LogP contribution is -2.21. The lowest BCUT2D eigenvalue weighted by atomic mass is 9.98. The van der Waals surface area contributed by atoms with Gasteiger partial charge in [-0.05, 0) is 43.9 Å². The van der Waals surface area contributed by atoms with Gasteiger partial charge in [-0.1, -0.05) is 29.8 Å². The van der Waals surface area contributed by atoms with Crippen LogP contribution in [0.5, 0.6) is 0 Å². The summed E-state index contributed by atoms with van der Waals surface area (Å²) in [6.07, 6.45) is 5.69. The summed E-state index contributed by atoms with van der Waals surface area (Å²) in [7, 11) is 0. The molecular formula is C15H17ClN2O2S. The lowest BCUT2D eigenvalue weighted by molar-refractivity contribution is -0.147. The van der Waals surface area contributed by atoms with Crippen LogP contribution in [0.3, 0.4) is 0 Å². The van der Waals surface area contributed by atoms with E-state index in [1.807, 2.05) is 12.1 Å². The molecule has 0 aliphatic heterocycles. The number of carbonyl (C=O) groups excluding carboxylic acids is 1. The number of H-pyrrole nitrogens is 1. The fourth-order valence-corrected chi connectivity index (χ4v) is 3.40. The number of thioether (sulfide) groups is 1. The summed E-state index contributed by atoms with van der Waals surface area (Å²) in [4.78, 5) is 19.4.